The molecule has 0 saturated carbocycles. The summed E-state index contributed by atoms with van der Waals surface area (Å²) in [6, 6.07) is 26.4. The first-order valence-electron chi connectivity index (χ1n) is 15.8. The predicted molar refractivity (Wildman–Crippen MR) is 188 cm³/mol. The molecule has 6 aromatic rings. The molecule has 0 aliphatic carbocycles. The number of aromatic amines is 1. The number of pyridine rings is 2. The molecule has 0 radical (unpaired) electrons. The second-order valence-corrected chi connectivity index (χ2v) is 11.0. The maximum atomic E-state index is 14.5. The van der Waals surface area contributed by atoms with Crippen LogP contribution in [-0.2, 0) is 0 Å². The van der Waals surface area contributed by atoms with E-state index < -0.39 is 5.67 Å². The van der Waals surface area contributed by atoms with Gasteiger partial charge in [-0.3, -0.25) is 9.97 Å². The number of fused-ring (bicyclic) bond motifs is 2. The summed E-state index contributed by atoms with van der Waals surface area (Å²) in [6.07, 6.45) is 4.15. The van der Waals surface area contributed by atoms with Gasteiger partial charge in [0, 0.05) is 70.4 Å². The first-order valence-corrected chi connectivity index (χ1v) is 15.8. The highest BCUT2D eigenvalue weighted by Crippen LogP contribution is 2.34. The summed E-state index contributed by atoms with van der Waals surface area (Å²) in [5.41, 5.74) is 8.49. The van der Waals surface area contributed by atoms with Crippen LogP contribution >= 0.6 is 0 Å². The van der Waals surface area contributed by atoms with Crippen molar-refractivity contribution in [2.75, 3.05) is 28.6 Å². The fourth-order valence-corrected chi connectivity index (χ4v) is 5.47. The Balaban J connectivity index is 0.000000963. The van der Waals surface area contributed by atoms with Crippen molar-refractivity contribution in [3.8, 4) is 11.4 Å². The van der Waals surface area contributed by atoms with Gasteiger partial charge in [-0.15, -0.1) is 0 Å². The van der Waals surface area contributed by atoms with E-state index in [-0.39, 0.29) is 0 Å². The van der Waals surface area contributed by atoms with E-state index in [1.807, 2.05) is 89.2 Å². The Morgan fingerprint density at radius 3 is 2.22 bits per heavy atom. The van der Waals surface area contributed by atoms with Gasteiger partial charge in [-0.05, 0) is 92.7 Å². The third kappa shape index (κ3) is 7.23. The molecule has 3 aromatic carbocycles. The minimum Gasteiger partial charge on any atom is -0.368 e. The topological polar surface area (TPSA) is 81.8 Å². The van der Waals surface area contributed by atoms with E-state index in [2.05, 4.69) is 54.8 Å². The number of anilines is 5. The number of aryl methyl sites for hydroxylation is 1. The lowest BCUT2D eigenvalue weighted by atomic mass is 10.1. The zero-order valence-corrected chi connectivity index (χ0v) is 26.9. The second kappa shape index (κ2) is 13.8. The van der Waals surface area contributed by atoms with Gasteiger partial charge in [-0.1, -0.05) is 27.7 Å². The van der Waals surface area contributed by atoms with Gasteiger partial charge >= 0.3 is 0 Å². The van der Waals surface area contributed by atoms with Crippen molar-refractivity contribution in [3.63, 3.8) is 0 Å². The fourth-order valence-electron chi connectivity index (χ4n) is 5.47. The van der Waals surface area contributed by atoms with E-state index in [0.29, 0.717) is 19.5 Å². The first-order chi connectivity index (χ1) is 21.9. The molecule has 232 valence electrons. The molecule has 0 spiro atoms. The molecule has 1 aliphatic heterocycles. The normalized spacial score (nSPS) is 15.7. The van der Waals surface area contributed by atoms with Crippen LogP contribution in [0.15, 0.2) is 91.3 Å². The summed E-state index contributed by atoms with van der Waals surface area (Å²) in [4.78, 5) is 19.2. The number of halogens is 1. The molecule has 7 rings (SSSR count). The van der Waals surface area contributed by atoms with Crippen LogP contribution in [0.3, 0.4) is 0 Å². The van der Waals surface area contributed by atoms with Crippen molar-refractivity contribution in [3.05, 3.63) is 97.0 Å². The molecule has 45 heavy (non-hydrogen) atoms. The highest BCUT2D eigenvalue weighted by Gasteiger charge is 2.33. The van der Waals surface area contributed by atoms with Crippen LogP contribution < -0.4 is 15.5 Å². The van der Waals surface area contributed by atoms with Gasteiger partial charge in [0.1, 0.15) is 11.5 Å². The molecule has 1 fully saturated rings. The van der Waals surface area contributed by atoms with Crippen LogP contribution in [0.4, 0.5) is 32.8 Å². The highest BCUT2D eigenvalue weighted by atomic mass is 19.1. The average Bonchev–Trinajstić information content (AvgIpc) is 3.66. The molecule has 1 aliphatic rings. The molecule has 4 heterocycles. The Hall–Kier alpha value is -4.98. The molecule has 0 amide bonds. The van der Waals surface area contributed by atoms with E-state index >= 15 is 0 Å². The van der Waals surface area contributed by atoms with Crippen LogP contribution in [0.1, 0.15) is 46.7 Å². The quantitative estimate of drug-likeness (QED) is 0.176. The van der Waals surface area contributed by atoms with Gasteiger partial charge < -0.3 is 20.5 Å². The largest absolute Gasteiger partial charge is 0.368 e. The summed E-state index contributed by atoms with van der Waals surface area (Å²) < 4.78 is 14.5. The van der Waals surface area contributed by atoms with Gasteiger partial charge in [0.2, 0.25) is 0 Å². The molecule has 3 aromatic heterocycles. The van der Waals surface area contributed by atoms with Crippen LogP contribution in [0.25, 0.3) is 33.3 Å². The predicted octanol–water partition coefficient (Wildman–Crippen LogP) is 9.96. The Kier molecular flexibility index (Phi) is 9.62. The van der Waals surface area contributed by atoms with Crippen molar-refractivity contribution < 1.29 is 4.39 Å². The fraction of sp³-hybridized carbons (Fsp3) is 0.270. The molecule has 1 saturated heterocycles. The van der Waals surface area contributed by atoms with Gasteiger partial charge in [0.25, 0.3) is 0 Å². The zero-order valence-electron chi connectivity index (χ0n) is 26.9. The SMILES string of the molecule is CC.CC.Cc1cc(Nc2ccc3nc(-c4ccc(Nc5ccnc6ccc(N7CCC(C)(F)C7)cc56)cc4)[nH]c3c2)ccn1. The second-order valence-electron chi connectivity index (χ2n) is 11.0. The lowest BCUT2D eigenvalue weighted by Gasteiger charge is -2.20. The van der Waals surface area contributed by atoms with Gasteiger partial charge in [0.15, 0.2) is 0 Å². The maximum Gasteiger partial charge on any atom is 0.138 e. The number of alkyl halides is 1. The Morgan fingerprint density at radius 2 is 1.49 bits per heavy atom. The molecule has 7 nitrogen and oxygen atoms in total. The first kappa shape index (κ1) is 31.4. The number of nitrogens with one attached hydrogen (secondary N) is 3. The van der Waals surface area contributed by atoms with Crippen molar-refractivity contribution >= 4 is 50.4 Å². The molecular formula is C37H42FN7. The van der Waals surface area contributed by atoms with E-state index in [4.69, 9.17) is 4.98 Å². The monoisotopic (exact) mass is 603 g/mol. The van der Waals surface area contributed by atoms with Gasteiger partial charge in [-0.2, -0.15) is 0 Å². The molecule has 1 atom stereocenters. The van der Waals surface area contributed by atoms with Crippen LogP contribution in [0.2, 0.25) is 0 Å². The molecule has 0 bridgehead atoms. The van der Waals surface area contributed by atoms with Crippen molar-refractivity contribution in [1.29, 1.82) is 0 Å². The summed E-state index contributed by atoms with van der Waals surface area (Å²) in [7, 11) is 0. The highest BCUT2D eigenvalue weighted by molar-refractivity contribution is 5.95. The number of aromatic nitrogens is 4. The van der Waals surface area contributed by atoms with E-state index in [1.165, 1.54) is 0 Å². The van der Waals surface area contributed by atoms with Gasteiger partial charge in [-0.25, -0.2) is 9.37 Å². The number of hydrogen-bond donors (Lipinski definition) is 3. The molecule has 8 heteroatoms. The Labute approximate surface area is 265 Å². The third-order valence-electron chi connectivity index (χ3n) is 7.62. The zero-order chi connectivity index (χ0) is 32.0. The van der Waals surface area contributed by atoms with Crippen LogP contribution in [0.5, 0.6) is 0 Å². The standard InChI is InChI=1S/C33H30FN7.2C2H6/c1-21-17-25(11-14-35-21)37-24-7-9-30-31(18-24)40-32(39-30)22-3-5-23(6-4-22)38-29-12-15-36-28-10-8-26(19-27(28)29)41-16-13-33(2,34)20-41;2*1-2/h3-12,14-15,17-19H,13,16,20H2,1-2H3,(H,35,37)(H,36,38)(H,39,40);2*1-2H3. The summed E-state index contributed by atoms with van der Waals surface area (Å²) in [5.74, 6) is 0.813. The lowest BCUT2D eigenvalue weighted by molar-refractivity contribution is 0.221. The Morgan fingerprint density at radius 1 is 0.778 bits per heavy atom. The van der Waals surface area contributed by atoms with Crippen molar-refractivity contribution in [1.82, 2.24) is 19.9 Å². The van der Waals surface area contributed by atoms with Crippen molar-refractivity contribution in [2.24, 2.45) is 0 Å². The third-order valence-corrected chi connectivity index (χ3v) is 7.62. The number of H-pyrrole nitrogens is 1. The lowest BCUT2D eigenvalue weighted by Crippen LogP contribution is -2.25. The van der Waals surface area contributed by atoms with E-state index in [1.54, 1.807) is 19.3 Å². The van der Waals surface area contributed by atoms with Crippen LogP contribution in [-0.4, -0.2) is 38.7 Å². The smallest absolute Gasteiger partial charge is 0.138 e. The van der Waals surface area contributed by atoms with Crippen molar-refractivity contribution in [2.45, 2.75) is 53.6 Å². The number of hydrogen-bond acceptors (Lipinski definition) is 6. The minimum atomic E-state index is -1.15. The summed E-state index contributed by atoms with van der Waals surface area (Å²) in [6.45, 7) is 12.8. The number of benzene rings is 3. The Bertz CT molecular complexity index is 1880. The summed E-state index contributed by atoms with van der Waals surface area (Å²) >= 11 is 0. The number of nitrogens with zero attached hydrogens (tertiary/aromatic N) is 4. The molecule has 1 unspecified atom stereocenters. The molecule has 3 N–H and O–H groups in total. The number of rotatable bonds is 6. The maximum absolute atomic E-state index is 14.5. The number of imidazole rings is 1. The van der Waals surface area contributed by atoms with Crippen LogP contribution in [0, 0.1) is 6.92 Å². The van der Waals surface area contributed by atoms with E-state index in [0.717, 1.165) is 67.5 Å². The van der Waals surface area contributed by atoms with E-state index in [9.17, 15) is 4.39 Å². The van der Waals surface area contributed by atoms with Gasteiger partial charge in [0.05, 0.1) is 23.1 Å². The average molecular weight is 604 g/mol. The summed E-state index contributed by atoms with van der Waals surface area (Å²) in [5, 5.41) is 7.98. The minimum absolute atomic E-state index is 0.410. The molecular weight excluding hydrogens is 561 g/mol.